The van der Waals surface area contributed by atoms with Crippen LogP contribution < -0.4 is 5.56 Å². The third-order valence-electron chi connectivity index (χ3n) is 4.30. The molecule has 1 aliphatic carbocycles. The van der Waals surface area contributed by atoms with Crippen LogP contribution in [-0.4, -0.2) is 19.7 Å². The molecule has 24 heavy (non-hydrogen) atoms. The second-order valence-corrected chi connectivity index (χ2v) is 6.13. The minimum atomic E-state index is -0.180. The van der Waals surface area contributed by atoms with Crippen molar-refractivity contribution in [3.05, 3.63) is 58.5 Å². The molecule has 2 aromatic heterocycles. The van der Waals surface area contributed by atoms with Crippen molar-refractivity contribution in [1.29, 1.82) is 0 Å². The maximum absolute atomic E-state index is 11.3. The van der Waals surface area contributed by atoms with Crippen LogP contribution in [-0.2, 0) is 6.61 Å². The van der Waals surface area contributed by atoms with Crippen molar-refractivity contribution < 1.29 is 5.11 Å². The molecule has 3 aromatic rings. The van der Waals surface area contributed by atoms with Gasteiger partial charge in [0.1, 0.15) is 0 Å². The van der Waals surface area contributed by atoms with E-state index in [-0.39, 0.29) is 12.2 Å². The summed E-state index contributed by atoms with van der Waals surface area (Å²) in [6.45, 7) is -0.0128. The summed E-state index contributed by atoms with van der Waals surface area (Å²) in [5.41, 5.74) is 3.01. The SMILES string of the molecule is C1CCCCC1.O=c1ccc2ncc(-c3cccc(CO)c3)n2[nH]1. The fraction of sp³-hybridized carbons (Fsp3) is 0.368. The lowest BCUT2D eigenvalue weighted by molar-refractivity contribution is 0.282. The van der Waals surface area contributed by atoms with E-state index >= 15 is 0 Å². The number of nitrogens with zero attached hydrogens (tertiary/aromatic N) is 2. The number of benzene rings is 1. The van der Waals surface area contributed by atoms with E-state index in [0.717, 1.165) is 16.8 Å². The van der Waals surface area contributed by atoms with Gasteiger partial charge in [0.25, 0.3) is 5.56 Å². The highest BCUT2D eigenvalue weighted by Crippen LogP contribution is 2.20. The molecule has 0 unspecified atom stereocenters. The summed E-state index contributed by atoms with van der Waals surface area (Å²) in [4.78, 5) is 15.6. The normalized spacial score (nSPS) is 14.2. The van der Waals surface area contributed by atoms with Crippen LogP contribution in [0.1, 0.15) is 44.1 Å². The van der Waals surface area contributed by atoms with Gasteiger partial charge < -0.3 is 5.11 Å². The summed E-state index contributed by atoms with van der Waals surface area (Å²) in [5, 5.41) is 11.8. The number of H-pyrrole nitrogens is 1. The van der Waals surface area contributed by atoms with Gasteiger partial charge in [-0.15, -0.1) is 0 Å². The number of fused-ring (bicyclic) bond motifs is 1. The van der Waals surface area contributed by atoms with E-state index in [1.54, 1.807) is 16.8 Å². The quantitative estimate of drug-likeness (QED) is 0.757. The van der Waals surface area contributed by atoms with Crippen LogP contribution in [0.25, 0.3) is 16.9 Å². The number of hydrogen-bond donors (Lipinski definition) is 2. The minimum absolute atomic E-state index is 0.0128. The fourth-order valence-electron chi connectivity index (χ4n) is 2.99. The van der Waals surface area contributed by atoms with E-state index in [4.69, 9.17) is 5.11 Å². The number of aliphatic hydroxyl groups is 1. The first-order valence-electron chi connectivity index (χ1n) is 8.55. The van der Waals surface area contributed by atoms with Crippen molar-refractivity contribution in [2.45, 2.75) is 45.1 Å². The van der Waals surface area contributed by atoms with Crippen LogP contribution in [0.5, 0.6) is 0 Å². The summed E-state index contributed by atoms with van der Waals surface area (Å²) in [7, 11) is 0. The molecule has 5 nitrogen and oxygen atoms in total. The highest BCUT2D eigenvalue weighted by Gasteiger charge is 2.06. The Hall–Kier alpha value is -2.40. The van der Waals surface area contributed by atoms with E-state index in [1.165, 1.54) is 44.6 Å². The van der Waals surface area contributed by atoms with Crippen LogP contribution >= 0.6 is 0 Å². The van der Waals surface area contributed by atoms with Crippen molar-refractivity contribution >= 4 is 5.65 Å². The Morgan fingerprint density at radius 2 is 1.75 bits per heavy atom. The number of aromatic amines is 1. The molecule has 1 aromatic carbocycles. The Morgan fingerprint density at radius 1 is 1.04 bits per heavy atom. The lowest BCUT2D eigenvalue weighted by Crippen LogP contribution is -2.09. The third-order valence-corrected chi connectivity index (χ3v) is 4.30. The zero-order valence-corrected chi connectivity index (χ0v) is 13.7. The molecular weight excluding hydrogens is 302 g/mol. The molecular formula is C19H23N3O2. The van der Waals surface area contributed by atoms with E-state index in [2.05, 4.69) is 10.1 Å². The van der Waals surface area contributed by atoms with Gasteiger partial charge in [-0.05, 0) is 17.7 Å². The van der Waals surface area contributed by atoms with Gasteiger partial charge in [-0.3, -0.25) is 9.89 Å². The van der Waals surface area contributed by atoms with Crippen LogP contribution in [0, 0.1) is 0 Å². The summed E-state index contributed by atoms with van der Waals surface area (Å²) >= 11 is 0. The number of imidazole rings is 1. The van der Waals surface area contributed by atoms with Gasteiger partial charge in [-0.2, -0.15) is 0 Å². The number of aromatic nitrogens is 3. The molecule has 0 aliphatic heterocycles. The topological polar surface area (TPSA) is 70.4 Å². The average Bonchev–Trinajstić information content (AvgIpc) is 3.07. The number of hydrogen-bond acceptors (Lipinski definition) is 3. The molecule has 1 saturated carbocycles. The van der Waals surface area contributed by atoms with Gasteiger partial charge in [0, 0.05) is 11.6 Å². The van der Waals surface area contributed by atoms with Gasteiger partial charge in [0.15, 0.2) is 5.65 Å². The Morgan fingerprint density at radius 3 is 2.42 bits per heavy atom. The predicted molar refractivity (Wildman–Crippen MR) is 94.9 cm³/mol. The number of nitrogens with one attached hydrogen (secondary N) is 1. The molecule has 0 atom stereocenters. The molecule has 2 heterocycles. The van der Waals surface area contributed by atoms with Crippen molar-refractivity contribution in [2.24, 2.45) is 0 Å². The highest BCUT2D eigenvalue weighted by molar-refractivity contribution is 5.63. The molecule has 1 fully saturated rings. The first-order chi connectivity index (χ1) is 11.8. The Balaban J connectivity index is 0.000000238. The maximum Gasteiger partial charge on any atom is 0.263 e. The zero-order valence-electron chi connectivity index (χ0n) is 13.7. The van der Waals surface area contributed by atoms with E-state index < -0.39 is 0 Å². The molecule has 1 aliphatic rings. The Labute approximate surface area is 141 Å². The summed E-state index contributed by atoms with van der Waals surface area (Å²) in [6.07, 6.45) is 10.7. The molecule has 0 spiro atoms. The average molecular weight is 325 g/mol. The highest BCUT2D eigenvalue weighted by atomic mass is 16.3. The predicted octanol–water partition coefficient (Wildman–Crippen LogP) is 3.52. The second kappa shape index (κ2) is 7.93. The van der Waals surface area contributed by atoms with Gasteiger partial charge in [-0.1, -0.05) is 56.7 Å². The second-order valence-electron chi connectivity index (χ2n) is 6.13. The van der Waals surface area contributed by atoms with Crippen molar-refractivity contribution in [2.75, 3.05) is 0 Å². The van der Waals surface area contributed by atoms with Crippen LogP contribution in [0.4, 0.5) is 0 Å². The van der Waals surface area contributed by atoms with E-state index in [9.17, 15) is 4.79 Å². The molecule has 0 saturated heterocycles. The first-order valence-corrected chi connectivity index (χ1v) is 8.55. The zero-order chi connectivity index (χ0) is 16.8. The summed E-state index contributed by atoms with van der Waals surface area (Å²) < 4.78 is 1.64. The van der Waals surface area contributed by atoms with Gasteiger partial charge in [0.05, 0.1) is 18.5 Å². The summed E-state index contributed by atoms with van der Waals surface area (Å²) in [6, 6.07) is 10.6. The van der Waals surface area contributed by atoms with Crippen molar-refractivity contribution in [1.82, 2.24) is 14.6 Å². The third kappa shape index (κ3) is 3.92. The Kier molecular flexibility index (Phi) is 5.43. The van der Waals surface area contributed by atoms with Crippen LogP contribution in [0.3, 0.4) is 0 Å². The fourth-order valence-corrected chi connectivity index (χ4v) is 2.99. The number of rotatable bonds is 2. The molecule has 2 N–H and O–H groups in total. The smallest absolute Gasteiger partial charge is 0.263 e. The van der Waals surface area contributed by atoms with Gasteiger partial charge in [0.2, 0.25) is 0 Å². The van der Waals surface area contributed by atoms with Gasteiger partial charge >= 0.3 is 0 Å². The molecule has 5 heteroatoms. The molecule has 0 amide bonds. The molecule has 0 bridgehead atoms. The summed E-state index contributed by atoms with van der Waals surface area (Å²) in [5.74, 6) is 0. The first kappa shape index (κ1) is 16.5. The van der Waals surface area contributed by atoms with Crippen molar-refractivity contribution in [3.63, 3.8) is 0 Å². The maximum atomic E-state index is 11.3. The van der Waals surface area contributed by atoms with Crippen LogP contribution in [0.2, 0.25) is 0 Å². The lowest BCUT2D eigenvalue weighted by atomic mass is 10.0. The molecule has 0 radical (unpaired) electrons. The molecule has 4 rings (SSSR count). The molecule has 126 valence electrons. The van der Waals surface area contributed by atoms with Crippen molar-refractivity contribution in [3.8, 4) is 11.3 Å². The van der Waals surface area contributed by atoms with Gasteiger partial charge in [-0.25, -0.2) is 9.50 Å². The standard InChI is InChI=1S/C13H11N3O2.C6H12/c17-8-9-2-1-3-10(6-9)11-7-14-12-4-5-13(18)15-16(11)12;1-2-4-6-5-3-1/h1-7,17H,8H2,(H,15,18);1-6H2. The van der Waals surface area contributed by atoms with E-state index in [0.29, 0.717) is 5.65 Å². The monoisotopic (exact) mass is 325 g/mol. The van der Waals surface area contributed by atoms with Crippen LogP contribution in [0.15, 0.2) is 47.4 Å². The van der Waals surface area contributed by atoms with E-state index in [1.807, 2.05) is 24.3 Å². The lowest BCUT2D eigenvalue weighted by Gasteiger charge is -2.05. The number of aliphatic hydroxyl groups excluding tert-OH is 1. The largest absolute Gasteiger partial charge is 0.392 e. The Bertz CT molecular complexity index is 835. The minimum Gasteiger partial charge on any atom is -0.392 e.